The Morgan fingerprint density at radius 1 is 1.37 bits per heavy atom. The number of hydrogen-bond acceptors (Lipinski definition) is 3. The number of aromatic nitrogens is 2. The minimum absolute atomic E-state index is 0.195. The zero-order chi connectivity index (χ0) is 13.7. The molecule has 19 heavy (non-hydrogen) atoms. The van der Waals surface area contributed by atoms with Gasteiger partial charge in [0.2, 0.25) is 0 Å². The van der Waals surface area contributed by atoms with Crippen molar-refractivity contribution in [3.63, 3.8) is 0 Å². The molecule has 1 aliphatic carbocycles. The van der Waals surface area contributed by atoms with Gasteiger partial charge in [0.1, 0.15) is 10.8 Å². The molecule has 1 fully saturated rings. The maximum Gasteiger partial charge on any atom is 0.271 e. The maximum atomic E-state index is 11.8. The molecule has 1 saturated carbocycles. The number of rotatable bonds is 4. The normalized spacial score (nSPS) is 23.1. The summed E-state index contributed by atoms with van der Waals surface area (Å²) in [5.74, 6) is 1.42. The second kappa shape index (κ2) is 6.85. The van der Waals surface area contributed by atoms with Crippen LogP contribution in [0.25, 0.3) is 0 Å². The smallest absolute Gasteiger partial charge is 0.271 e. The van der Waals surface area contributed by atoms with Crippen LogP contribution in [-0.2, 0) is 0 Å². The fourth-order valence-corrected chi connectivity index (χ4v) is 2.70. The van der Waals surface area contributed by atoms with Crippen LogP contribution in [0.5, 0.6) is 0 Å². The average molecular weight is 282 g/mol. The van der Waals surface area contributed by atoms with E-state index < -0.39 is 0 Å². The van der Waals surface area contributed by atoms with E-state index in [-0.39, 0.29) is 16.8 Å². The Balaban J connectivity index is 1.72. The van der Waals surface area contributed by atoms with E-state index in [4.69, 9.17) is 11.6 Å². The maximum absolute atomic E-state index is 11.8. The molecular formula is C14H20ClN3O. The van der Waals surface area contributed by atoms with Crippen molar-refractivity contribution in [1.29, 1.82) is 0 Å². The third kappa shape index (κ3) is 4.46. The third-order valence-electron chi connectivity index (χ3n) is 3.81. The van der Waals surface area contributed by atoms with Crippen molar-refractivity contribution in [2.24, 2.45) is 11.8 Å². The standard InChI is InChI=1S/C14H20ClN3O/c1-10-2-4-11(5-3-10)6-7-17-14(19)12-8-16-9-13(15)18-12/h8-11H,2-7H2,1H3,(H,17,19). The summed E-state index contributed by atoms with van der Waals surface area (Å²) in [5.41, 5.74) is 0.282. The molecule has 0 unspecified atom stereocenters. The van der Waals surface area contributed by atoms with Gasteiger partial charge in [0.25, 0.3) is 5.91 Å². The number of amides is 1. The van der Waals surface area contributed by atoms with Gasteiger partial charge in [-0.1, -0.05) is 44.2 Å². The van der Waals surface area contributed by atoms with Crippen molar-refractivity contribution in [2.45, 2.75) is 39.0 Å². The van der Waals surface area contributed by atoms with Crippen LogP contribution in [0.4, 0.5) is 0 Å². The molecule has 4 nitrogen and oxygen atoms in total. The number of nitrogens with zero attached hydrogens (tertiary/aromatic N) is 2. The lowest BCUT2D eigenvalue weighted by molar-refractivity contribution is 0.0944. The Bertz CT molecular complexity index is 430. The van der Waals surface area contributed by atoms with E-state index in [2.05, 4.69) is 22.2 Å². The SMILES string of the molecule is CC1CCC(CCNC(=O)c2cncc(Cl)n2)CC1. The molecule has 1 aromatic rings. The number of carbonyl (C=O) groups is 1. The summed E-state index contributed by atoms with van der Waals surface area (Å²) in [7, 11) is 0. The van der Waals surface area contributed by atoms with Gasteiger partial charge in [0.05, 0.1) is 12.4 Å². The van der Waals surface area contributed by atoms with Gasteiger partial charge in [0.15, 0.2) is 0 Å². The molecular weight excluding hydrogens is 262 g/mol. The molecule has 0 spiro atoms. The molecule has 1 aromatic heterocycles. The molecule has 2 rings (SSSR count). The van der Waals surface area contributed by atoms with E-state index in [1.54, 1.807) is 0 Å². The molecule has 5 heteroatoms. The zero-order valence-electron chi connectivity index (χ0n) is 11.2. The van der Waals surface area contributed by atoms with Crippen molar-refractivity contribution in [1.82, 2.24) is 15.3 Å². The molecule has 1 amide bonds. The molecule has 0 bridgehead atoms. The van der Waals surface area contributed by atoms with Crippen molar-refractivity contribution < 1.29 is 4.79 Å². The van der Waals surface area contributed by atoms with E-state index in [0.29, 0.717) is 6.54 Å². The monoisotopic (exact) mass is 281 g/mol. The van der Waals surface area contributed by atoms with E-state index in [0.717, 1.165) is 18.3 Å². The van der Waals surface area contributed by atoms with E-state index in [9.17, 15) is 4.79 Å². The van der Waals surface area contributed by atoms with Crippen LogP contribution in [-0.4, -0.2) is 22.4 Å². The highest BCUT2D eigenvalue weighted by atomic mass is 35.5. The highest BCUT2D eigenvalue weighted by Crippen LogP contribution is 2.29. The lowest BCUT2D eigenvalue weighted by atomic mass is 9.81. The van der Waals surface area contributed by atoms with E-state index in [1.807, 2.05) is 0 Å². The summed E-state index contributed by atoms with van der Waals surface area (Å²) in [6.07, 6.45) is 9.11. The molecule has 0 saturated heterocycles. The van der Waals surface area contributed by atoms with Crippen molar-refractivity contribution in [3.8, 4) is 0 Å². The Kier molecular flexibility index (Phi) is 5.14. The first-order chi connectivity index (χ1) is 9.15. The number of hydrogen-bond donors (Lipinski definition) is 1. The Morgan fingerprint density at radius 3 is 2.79 bits per heavy atom. The summed E-state index contributed by atoms with van der Waals surface area (Å²) in [6, 6.07) is 0. The fourth-order valence-electron chi connectivity index (χ4n) is 2.55. The van der Waals surface area contributed by atoms with Crippen LogP contribution in [0.2, 0.25) is 5.15 Å². The zero-order valence-corrected chi connectivity index (χ0v) is 12.0. The topological polar surface area (TPSA) is 54.9 Å². The van der Waals surface area contributed by atoms with E-state index >= 15 is 0 Å². The first-order valence-electron chi connectivity index (χ1n) is 6.91. The van der Waals surface area contributed by atoms with Crippen molar-refractivity contribution in [2.75, 3.05) is 6.54 Å². The van der Waals surface area contributed by atoms with Gasteiger partial charge in [-0.25, -0.2) is 4.98 Å². The summed E-state index contributed by atoms with van der Waals surface area (Å²) >= 11 is 5.70. The van der Waals surface area contributed by atoms with Crippen LogP contribution in [0.1, 0.15) is 49.5 Å². The second-order valence-electron chi connectivity index (χ2n) is 5.40. The quantitative estimate of drug-likeness (QED) is 0.923. The molecule has 104 valence electrons. The Labute approximate surface area is 119 Å². The molecule has 0 atom stereocenters. The van der Waals surface area contributed by atoms with Gasteiger partial charge in [-0.15, -0.1) is 0 Å². The van der Waals surface area contributed by atoms with Gasteiger partial charge in [-0.3, -0.25) is 9.78 Å². The van der Waals surface area contributed by atoms with Gasteiger partial charge >= 0.3 is 0 Å². The molecule has 0 aromatic carbocycles. The predicted molar refractivity (Wildman–Crippen MR) is 75.1 cm³/mol. The second-order valence-corrected chi connectivity index (χ2v) is 5.78. The highest BCUT2D eigenvalue weighted by molar-refractivity contribution is 6.29. The summed E-state index contributed by atoms with van der Waals surface area (Å²) in [6.45, 7) is 3.02. The van der Waals surface area contributed by atoms with E-state index in [1.165, 1.54) is 38.1 Å². The van der Waals surface area contributed by atoms with Gasteiger partial charge < -0.3 is 5.32 Å². The van der Waals surface area contributed by atoms with Crippen LogP contribution in [0.15, 0.2) is 12.4 Å². The lowest BCUT2D eigenvalue weighted by Gasteiger charge is -2.26. The Morgan fingerprint density at radius 2 is 2.11 bits per heavy atom. The average Bonchev–Trinajstić information content (AvgIpc) is 2.41. The van der Waals surface area contributed by atoms with Crippen LogP contribution < -0.4 is 5.32 Å². The lowest BCUT2D eigenvalue weighted by Crippen LogP contribution is -2.27. The first-order valence-corrected chi connectivity index (χ1v) is 7.28. The minimum atomic E-state index is -0.195. The van der Waals surface area contributed by atoms with Crippen LogP contribution >= 0.6 is 11.6 Å². The van der Waals surface area contributed by atoms with Crippen molar-refractivity contribution in [3.05, 3.63) is 23.2 Å². The number of carbonyl (C=O) groups excluding carboxylic acids is 1. The number of halogens is 1. The molecule has 1 aliphatic rings. The van der Waals surface area contributed by atoms with Crippen LogP contribution in [0, 0.1) is 11.8 Å². The Hall–Kier alpha value is -1.16. The predicted octanol–water partition coefficient (Wildman–Crippen LogP) is 3.08. The van der Waals surface area contributed by atoms with Gasteiger partial charge in [-0.2, -0.15) is 0 Å². The molecule has 0 aliphatic heterocycles. The minimum Gasteiger partial charge on any atom is -0.351 e. The van der Waals surface area contributed by atoms with Gasteiger partial charge in [0, 0.05) is 6.54 Å². The summed E-state index contributed by atoms with van der Waals surface area (Å²) in [4.78, 5) is 19.6. The highest BCUT2D eigenvalue weighted by Gasteiger charge is 2.18. The molecule has 1 heterocycles. The van der Waals surface area contributed by atoms with Crippen LogP contribution in [0.3, 0.4) is 0 Å². The summed E-state index contributed by atoms with van der Waals surface area (Å²) < 4.78 is 0. The molecule has 1 N–H and O–H groups in total. The third-order valence-corrected chi connectivity index (χ3v) is 3.99. The first kappa shape index (κ1) is 14.3. The fraction of sp³-hybridized carbons (Fsp3) is 0.643. The largest absolute Gasteiger partial charge is 0.351 e. The number of nitrogens with one attached hydrogen (secondary N) is 1. The molecule has 0 radical (unpaired) electrons. The summed E-state index contributed by atoms with van der Waals surface area (Å²) in [5, 5.41) is 3.13. The van der Waals surface area contributed by atoms with Gasteiger partial charge in [-0.05, 0) is 18.3 Å². The van der Waals surface area contributed by atoms with Crippen molar-refractivity contribution >= 4 is 17.5 Å².